The average molecular weight is 375 g/mol. The van der Waals surface area contributed by atoms with E-state index in [0.717, 1.165) is 21.2 Å². The number of carbonyl (C=O) groups is 2. The Morgan fingerprint density at radius 2 is 1.43 bits per heavy atom. The summed E-state index contributed by atoms with van der Waals surface area (Å²) in [5.41, 5.74) is 4.57. The van der Waals surface area contributed by atoms with Crippen LogP contribution >= 0.6 is 15.9 Å². The molecule has 0 atom stereocenters. The second-order valence-corrected chi connectivity index (χ2v) is 6.47. The van der Waals surface area contributed by atoms with Gasteiger partial charge >= 0.3 is 0 Å². The molecular formula is C18H19BrN2O2. The number of amides is 2. The molecule has 0 spiro atoms. The van der Waals surface area contributed by atoms with Gasteiger partial charge < -0.3 is 10.6 Å². The van der Waals surface area contributed by atoms with Crippen LogP contribution in [0.25, 0.3) is 0 Å². The van der Waals surface area contributed by atoms with Crippen molar-refractivity contribution < 1.29 is 9.59 Å². The predicted octanol–water partition coefficient (Wildman–Crippen LogP) is 4.34. The Labute approximate surface area is 144 Å². The maximum atomic E-state index is 12.0. The lowest BCUT2D eigenvalue weighted by Crippen LogP contribution is -2.21. The Morgan fingerprint density at radius 1 is 0.870 bits per heavy atom. The minimum atomic E-state index is -0.345. The first-order valence-electron chi connectivity index (χ1n) is 7.27. The summed E-state index contributed by atoms with van der Waals surface area (Å²) < 4.78 is 0.912. The summed E-state index contributed by atoms with van der Waals surface area (Å²) in [7, 11) is 0. The number of benzene rings is 2. The third-order valence-corrected chi connectivity index (χ3v) is 4.14. The molecule has 0 heterocycles. The van der Waals surface area contributed by atoms with E-state index >= 15 is 0 Å². The molecule has 0 aliphatic heterocycles. The van der Waals surface area contributed by atoms with E-state index in [4.69, 9.17) is 0 Å². The molecule has 0 fully saturated rings. The van der Waals surface area contributed by atoms with Crippen molar-refractivity contribution in [3.05, 3.63) is 57.6 Å². The molecule has 0 saturated carbocycles. The summed E-state index contributed by atoms with van der Waals surface area (Å²) in [6.45, 7) is 5.89. The summed E-state index contributed by atoms with van der Waals surface area (Å²) in [6, 6.07) is 11.3. The van der Waals surface area contributed by atoms with Gasteiger partial charge in [-0.1, -0.05) is 28.1 Å². The molecule has 0 aliphatic rings. The molecule has 2 N–H and O–H groups in total. The van der Waals surface area contributed by atoms with Crippen molar-refractivity contribution in [3.63, 3.8) is 0 Å². The minimum absolute atomic E-state index is 0.224. The van der Waals surface area contributed by atoms with Crippen molar-refractivity contribution >= 4 is 39.1 Å². The lowest BCUT2D eigenvalue weighted by Gasteiger charge is -2.09. The first kappa shape index (κ1) is 17.2. The van der Waals surface area contributed by atoms with Gasteiger partial charge in [-0.2, -0.15) is 0 Å². The van der Waals surface area contributed by atoms with E-state index in [2.05, 4.69) is 26.6 Å². The SMILES string of the molecule is Cc1cc(C)cc(NC(=O)CC(=O)Nc2ccc(C)c(Br)c2)c1. The first-order chi connectivity index (χ1) is 10.8. The standard InChI is InChI=1S/C18H19BrN2O2/c1-11-6-12(2)8-15(7-11)21-18(23)10-17(22)20-14-5-4-13(3)16(19)9-14/h4-9H,10H2,1-3H3,(H,20,22)(H,21,23). The molecule has 0 saturated heterocycles. The van der Waals surface area contributed by atoms with Crippen LogP contribution in [0.2, 0.25) is 0 Å². The molecule has 0 bridgehead atoms. The molecule has 2 rings (SSSR count). The fourth-order valence-electron chi connectivity index (χ4n) is 2.27. The van der Waals surface area contributed by atoms with Crippen LogP contribution in [-0.2, 0) is 9.59 Å². The van der Waals surface area contributed by atoms with Crippen molar-refractivity contribution in [2.45, 2.75) is 27.2 Å². The van der Waals surface area contributed by atoms with E-state index in [1.165, 1.54) is 0 Å². The molecule has 4 nitrogen and oxygen atoms in total. The van der Waals surface area contributed by atoms with Gasteiger partial charge in [-0.05, 0) is 61.7 Å². The van der Waals surface area contributed by atoms with Gasteiger partial charge in [-0.25, -0.2) is 0 Å². The van der Waals surface area contributed by atoms with Crippen LogP contribution in [0.15, 0.2) is 40.9 Å². The van der Waals surface area contributed by atoms with E-state index in [1.807, 2.05) is 51.1 Å². The van der Waals surface area contributed by atoms with E-state index in [9.17, 15) is 9.59 Å². The van der Waals surface area contributed by atoms with Crippen LogP contribution in [0.3, 0.4) is 0 Å². The van der Waals surface area contributed by atoms with Crippen molar-refractivity contribution in [1.82, 2.24) is 0 Å². The van der Waals surface area contributed by atoms with Gasteiger partial charge in [0.15, 0.2) is 0 Å². The maximum absolute atomic E-state index is 12.0. The number of aryl methyl sites for hydroxylation is 3. The highest BCUT2D eigenvalue weighted by Crippen LogP contribution is 2.20. The van der Waals surface area contributed by atoms with Gasteiger partial charge in [0.2, 0.25) is 11.8 Å². The fraction of sp³-hybridized carbons (Fsp3) is 0.222. The van der Waals surface area contributed by atoms with Crippen molar-refractivity contribution in [1.29, 1.82) is 0 Å². The summed E-state index contributed by atoms with van der Waals surface area (Å²) in [4.78, 5) is 23.9. The molecule has 0 unspecified atom stereocenters. The Balaban J connectivity index is 1.94. The lowest BCUT2D eigenvalue weighted by molar-refractivity contribution is -0.123. The smallest absolute Gasteiger partial charge is 0.233 e. The second-order valence-electron chi connectivity index (χ2n) is 5.61. The highest BCUT2D eigenvalue weighted by Gasteiger charge is 2.11. The van der Waals surface area contributed by atoms with Crippen molar-refractivity contribution in [2.24, 2.45) is 0 Å². The number of carbonyl (C=O) groups excluding carboxylic acids is 2. The van der Waals surface area contributed by atoms with Gasteiger partial charge in [0.25, 0.3) is 0 Å². The van der Waals surface area contributed by atoms with Crippen LogP contribution in [0.5, 0.6) is 0 Å². The van der Waals surface area contributed by atoms with Gasteiger partial charge in [-0.3, -0.25) is 9.59 Å². The molecule has 23 heavy (non-hydrogen) atoms. The number of hydrogen-bond donors (Lipinski definition) is 2. The van der Waals surface area contributed by atoms with E-state index in [0.29, 0.717) is 11.4 Å². The molecular weight excluding hydrogens is 356 g/mol. The largest absolute Gasteiger partial charge is 0.326 e. The summed E-state index contributed by atoms with van der Waals surface area (Å²) >= 11 is 3.41. The summed E-state index contributed by atoms with van der Waals surface area (Å²) in [6.07, 6.45) is -0.224. The van der Waals surface area contributed by atoms with Gasteiger partial charge in [0, 0.05) is 15.8 Å². The molecule has 2 aromatic carbocycles. The van der Waals surface area contributed by atoms with Crippen LogP contribution in [0.4, 0.5) is 11.4 Å². The number of halogens is 1. The van der Waals surface area contributed by atoms with E-state index in [1.54, 1.807) is 6.07 Å². The molecule has 0 radical (unpaired) electrons. The zero-order chi connectivity index (χ0) is 17.0. The Hall–Kier alpha value is -2.14. The Kier molecular flexibility index (Phi) is 5.55. The zero-order valence-electron chi connectivity index (χ0n) is 13.4. The van der Waals surface area contributed by atoms with Gasteiger partial charge in [-0.15, -0.1) is 0 Å². The first-order valence-corrected chi connectivity index (χ1v) is 8.07. The fourth-order valence-corrected chi connectivity index (χ4v) is 2.65. The molecule has 0 aromatic heterocycles. The summed E-state index contributed by atoms with van der Waals surface area (Å²) in [5, 5.41) is 5.47. The van der Waals surface area contributed by atoms with Gasteiger partial charge in [0.05, 0.1) is 0 Å². The highest BCUT2D eigenvalue weighted by molar-refractivity contribution is 9.10. The molecule has 0 aliphatic carbocycles. The highest BCUT2D eigenvalue weighted by atomic mass is 79.9. The third kappa shape index (κ3) is 5.21. The number of nitrogens with one attached hydrogen (secondary N) is 2. The average Bonchev–Trinajstić information content (AvgIpc) is 2.41. The molecule has 2 aromatic rings. The lowest BCUT2D eigenvalue weighted by atomic mass is 10.1. The second kappa shape index (κ2) is 7.42. The quantitative estimate of drug-likeness (QED) is 0.781. The molecule has 2 amide bonds. The molecule has 5 heteroatoms. The number of rotatable bonds is 4. The van der Waals surface area contributed by atoms with Crippen molar-refractivity contribution in [3.8, 4) is 0 Å². The topological polar surface area (TPSA) is 58.2 Å². The van der Waals surface area contributed by atoms with Crippen molar-refractivity contribution in [2.75, 3.05) is 10.6 Å². The minimum Gasteiger partial charge on any atom is -0.326 e. The predicted molar refractivity (Wildman–Crippen MR) is 96.7 cm³/mol. The van der Waals surface area contributed by atoms with E-state index in [-0.39, 0.29) is 18.2 Å². The number of hydrogen-bond acceptors (Lipinski definition) is 2. The Morgan fingerprint density at radius 3 is 2.00 bits per heavy atom. The number of anilines is 2. The van der Waals surface area contributed by atoms with Gasteiger partial charge in [0.1, 0.15) is 6.42 Å². The monoisotopic (exact) mass is 374 g/mol. The van der Waals surface area contributed by atoms with E-state index < -0.39 is 0 Å². The Bertz CT molecular complexity index is 736. The zero-order valence-corrected chi connectivity index (χ0v) is 15.0. The molecule has 120 valence electrons. The maximum Gasteiger partial charge on any atom is 0.233 e. The van der Waals surface area contributed by atoms with Crippen LogP contribution in [-0.4, -0.2) is 11.8 Å². The summed E-state index contributed by atoms with van der Waals surface area (Å²) in [5.74, 6) is -0.679. The van der Waals surface area contributed by atoms with Crippen LogP contribution < -0.4 is 10.6 Å². The third-order valence-electron chi connectivity index (χ3n) is 3.28. The normalized spacial score (nSPS) is 10.3. The van der Waals surface area contributed by atoms with Crippen LogP contribution in [0.1, 0.15) is 23.1 Å². The van der Waals surface area contributed by atoms with Crippen LogP contribution in [0, 0.1) is 20.8 Å².